The zero-order valence-electron chi connectivity index (χ0n) is 17.7. The minimum atomic E-state index is -3.63. The summed E-state index contributed by atoms with van der Waals surface area (Å²) in [6.45, 7) is 8.34. The van der Waals surface area contributed by atoms with Crippen molar-refractivity contribution < 1.29 is 13.2 Å². The number of benzene rings is 2. The number of hydrogen-bond acceptors (Lipinski definition) is 4. The lowest BCUT2D eigenvalue weighted by Gasteiger charge is -2.34. The van der Waals surface area contributed by atoms with E-state index in [2.05, 4.69) is 23.6 Å². The van der Waals surface area contributed by atoms with E-state index in [-0.39, 0.29) is 10.8 Å². The number of rotatable bonds is 5. The second-order valence-corrected chi connectivity index (χ2v) is 10.2. The monoisotopic (exact) mass is 439 g/mol. The molecule has 0 N–H and O–H groups in total. The van der Waals surface area contributed by atoms with Crippen LogP contribution in [0.25, 0.3) is 0 Å². The highest BCUT2D eigenvalue weighted by Crippen LogP contribution is 2.22. The highest BCUT2D eigenvalue weighted by atomic mass is 32.2. The molecule has 2 aliphatic heterocycles. The Labute approximate surface area is 184 Å². The first-order valence-electron chi connectivity index (χ1n) is 10.8. The second kappa shape index (κ2) is 9.34. The zero-order valence-corrected chi connectivity index (χ0v) is 18.6. The molecule has 164 valence electrons. The van der Waals surface area contributed by atoms with Crippen LogP contribution in [-0.2, 0) is 16.6 Å². The smallest absolute Gasteiger partial charge is 0.253 e. The van der Waals surface area contributed by atoms with Crippen LogP contribution in [0, 0.1) is 0 Å². The Morgan fingerprint density at radius 3 is 2.23 bits per heavy atom. The fraction of sp³-hybridized carbons (Fsp3) is 0.375. The van der Waals surface area contributed by atoms with Gasteiger partial charge < -0.3 is 4.90 Å². The summed E-state index contributed by atoms with van der Waals surface area (Å²) in [4.78, 5) is 17.1. The molecule has 0 radical (unpaired) electrons. The lowest BCUT2D eigenvalue weighted by atomic mass is 10.0. The van der Waals surface area contributed by atoms with E-state index in [4.69, 9.17) is 0 Å². The number of hydrogen-bond donors (Lipinski definition) is 0. The summed E-state index contributed by atoms with van der Waals surface area (Å²) in [7, 11) is -3.63. The molecule has 2 saturated heterocycles. The Hall–Kier alpha value is -2.48. The van der Waals surface area contributed by atoms with E-state index < -0.39 is 10.0 Å². The zero-order chi connectivity index (χ0) is 21.8. The summed E-state index contributed by atoms with van der Waals surface area (Å²) in [6.07, 6.45) is 1.61. The number of carbonyl (C=O) groups is 1. The first kappa shape index (κ1) is 21.7. The van der Waals surface area contributed by atoms with Gasteiger partial charge in [0.05, 0.1) is 4.90 Å². The average molecular weight is 440 g/mol. The van der Waals surface area contributed by atoms with Crippen molar-refractivity contribution in [3.8, 4) is 0 Å². The van der Waals surface area contributed by atoms with Crippen LogP contribution in [0.3, 0.4) is 0 Å². The van der Waals surface area contributed by atoms with Crippen LogP contribution in [0.15, 0.2) is 71.6 Å². The maximum Gasteiger partial charge on any atom is 0.253 e. The van der Waals surface area contributed by atoms with Gasteiger partial charge in [-0.1, -0.05) is 48.6 Å². The molecule has 0 aliphatic carbocycles. The minimum absolute atomic E-state index is 0.114. The molecule has 2 aliphatic rings. The van der Waals surface area contributed by atoms with E-state index in [0.717, 1.165) is 25.0 Å². The van der Waals surface area contributed by atoms with Crippen molar-refractivity contribution in [2.24, 2.45) is 0 Å². The number of likely N-dealkylation sites (tertiary alicyclic amines) is 1. The number of carbonyl (C=O) groups excluding carboxylic acids is 1. The largest absolute Gasteiger partial charge is 0.338 e. The molecular formula is C24H29N3O3S. The SMILES string of the molecule is C=C1CCN(C(=O)c2cccc(S(=O)(=O)N3CCN(Cc4ccccc4)CC3)c2)CC1. The Morgan fingerprint density at radius 1 is 0.871 bits per heavy atom. The molecule has 1 amide bonds. The Bertz CT molecular complexity index is 1030. The fourth-order valence-electron chi connectivity index (χ4n) is 4.12. The second-order valence-electron chi connectivity index (χ2n) is 8.24. The first-order valence-corrected chi connectivity index (χ1v) is 12.2. The lowest BCUT2D eigenvalue weighted by molar-refractivity contribution is 0.0743. The predicted molar refractivity (Wildman–Crippen MR) is 121 cm³/mol. The predicted octanol–water partition coefficient (Wildman–Crippen LogP) is 2.99. The summed E-state index contributed by atoms with van der Waals surface area (Å²) in [5.74, 6) is -0.114. The maximum absolute atomic E-state index is 13.2. The summed E-state index contributed by atoms with van der Waals surface area (Å²) in [6, 6.07) is 16.7. The van der Waals surface area contributed by atoms with Crippen molar-refractivity contribution in [1.82, 2.24) is 14.1 Å². The molecule has 0 spiro atoms. The highest BCUT2D eigenvalue weighted by Gasteiger charge is 2.29. The van der Waals surface area contributed by atoms with Crippen molar-refractivity contribution in [3.05, 3.63) is 77.9 Å². The van der Waals surface area contributed by atoms with Crippen molar-refractivity contribution in [1.29, 1.82) is 0 Å². The molecule has 0 unspecified atom stereocenters. The topological polar surface area (TPSA) is 60.9 Å². The molecule has 2 heterocycles. The van der Waals surface area contributed by atoms with E-state index in [1.807, 2.05) is 18.2 Å². The van der Waals surface area contributed by atoms with Gasteiger partial charge in [0.15, 0.2) is 0 Å². The summed E-state index contributed by atoms with van der Waals surface area (Å²) in [5, 5.41) is 0. The van der Waals surface area contributed by atoms with Crippen LogP contribution >= 0.6 is 0 Å². The lowest BCUT2D eigenvalue weighted by Crippen LogP contribution is -2.48. The van der Waals surface area contributed by atoms with Crippen LogP contribution in [0.2, 0.25) is 0 Å². The summed E-state index contributed by atoms with van der Waals surface area (Å²) in [5.41, 5.74) is 2.81. The van der Waals surface area contributed by atoms with Gasteiger partial charge in [0.1, 0.15) is 0 Å². The Morgan fingerprint density at radius 2 is 1.55 bits per heavy atom. The van der Waals surface area contributed by atoms with Gasteiger partial charge in [-0.3, -0.25) is 9.69 Å². The standard InChI is InChI=1S/C24H29N3O3S/c1-20-10-12-26(13-11-20)24(28)22-8-5-9-23(18-22)31(29,30)27-16-14-25(15-17-27)19-21-6-3-2-4-7-21/h2-9,18H,1,10-17,19H2. The Kier molecular flexibility index (Phi) is 6.55. The molecule has 2 fully saturated rings. The third-order valence-corrected chi connectivity index (χ3v) is 7.95. The molecule has 0 aromatic heterocycles. The van der Waals surface area contributed by atoms with Gasteiger partial charge in [-0.05, 0) is 36.6 Å². The number of piperazine rings is 1. The molecule has 0 saturated carbocycles. The molecule has 2 aromatic carbocycles. The van der Waals surface area contributed by atoms with Crippen LogP contribution in [0.4, 0.5) is 0 Å². The van der Waals surface area contributed by atoms with E-state index in [1.54, 1.807) is 23.1 Å². The van der Waals surface area contributed by atoms with Crippen LogP contribution in [-0.4, -0.2) is 67.7 Å². The van der Waals surface area contributed by atoms with Gasteiger partial charge >= 0.3 is 0 Å². The summed E-state index contributed by atoms with van der Waals surface area (Å²) >= 11 is 0. The number of sulfonamides is 1. The third-order valence-electron chi connectivity index (χ3n) is 6.06. The molecule has 31 heavy (non-hydrogen) atoms. The number of piperidine rings is 1. The fourth-order valence-corrected chi connectivity index (χ4v) is 5.59. The van der Waals surface area contributed by atoms with Gasteiger partial charge in [-0.25, -0.2) is 8.42 Å². The Balaban J connectivity index is 1.41. The molecule has 6 nitrogen and oxygen atoms in total. The molecule has 7 heteroatoms. The normalized spacial score (nSPS) is 18.8. The van der Waals surface area contributed by atoms with Crippen molar-refractivity contribution in [2.75, 3.05) is 39.3 Å². The summed E-state index contributed by atoms with van der Waals surface area (Å²) < 4.78 is 28.0. The molecule has 4 rings (SSSR count). The van der Waals surface area contributed by atoms with Gasteiger partial charge in [-0.15, -0.1) is 0 Å². The van der Waals surface area contributed by atoms with Crippen LogP contribution < -0.4 is 0 Å². The number of amides is 1. The third kappa shape index (κ3) is 5.06. The van der Waals surface area contributed by atoms with E-state index in [9.17, 15) is 13.2 Å². The van der Waals surface area contributed by atoms with E-state index in [1.165, 1.54) is 15.9 Å². The van der Waals surface area contributed by atoms with E-state index >= 15 is 0 Å². The maximum atomic E-state index is 13.2. The minimum Gasteiger partial charge on any atom is -0.338 e. The highest BCUT2D eigenvalue weighted by molar-refractivity contribution is 7.89. The quantitative estimate of drug-likeness (QED) is 0.672. The van der Waals surface area contributed by atoms with Crippen molar-refractivity contribution >= 4 is 15.9 Å². The van der Waals surface area contributed by atoms with Gasteiger partial charge in [0.25, 0.3) is 5.91 Å². The van der Waals surface area contributed by atoms with Crippen molar-refractivity contribution in [2.45, 2.75) is 24.3 Å². The molecule has 2 aromatic rings. The van der Waals surface area contributed by atoms with E-state index in [0.29, 0.717) is 44.8 Å². The van der Waals surface area contributed by atoms with Crippen molar-refractivity contribution in [3.63, 3.8) is 0 Å². The first-order chi connectivity index (χ1) is 14.9. The average Bonchev–Trinajstić information content (AvgIpc) is 2.80. The molecular weight excluding hydrogens is 410 g/mol. The van der Waals surface area contributed by atoms with Gasteiger partial charge in [-0.2, -0.15) is 4.31 Å². The van der Waals surface area contributed by atoms with Gasteiger partial charge in [0.2, 0.25) is 10.0 Å². The number of nitrogens with zero attached hydrogens (tertiary/aromatic N) is 3. The van der Waals surface area contributed by atoms with Gasteiger partial charge in [0, 0.05) is 51.4 Å². The van der Waals surface area contributed by atoms with Crippen LogP contribution in [0.1, 0.15) is 28.8 Å². The molecule has 0 bridgehead atoms. The van der Waals surface area contributed by atoms with Crippen LogP contribution in [0.5, 0.6) is 0 Å². The molecule has 0 atom stereocenters.